The lowest BCUT2D eigenvalue weighted by Crippen LogP contribution is -2.65. The molecule has 0 atom stereocenters. The second-order valence-electron chi connectivity index (χ2n) is 15.9. The van der Waals surface area contributed by atoms with E-state index in [2.05, 4.69) is 175 Å². The van der Waals surface area contributed by atoms with Crippen LogP contribution in [0.4, 0.5) is 0 Å². The third kappa shape index (κ3) is 3.64. The van der Waals surface area contributed by atoms with E-state index >= 15 is 0 Å². The summed E-state index contributed by atoms with van der Waals surface area (Å²) in [5, 5.41) is 4.45. The average Bonchev–Trinajstić information content (AvgIpc) is 3.57. The highest BCUT2D eigenvalue weighted by atomic mass is 28.3. The number of hydrogen-bond acceptors (Lipinski definition) is 0. The maximum Gasteiger partial charge on any atom is 0.145 e. The minimum Gasteiger partial charge on any atom is -0.0619 e. The van der Waals surface area contributed by atoms with Gasteiger partial charge in [0.2, 0.25) is 0 Å². The molecule has 6 aromatic carbocycles. The van der Waals surface area contributed by atoms with Crippen LogP contribution in [0.3, 0.4) is 0 Å². The SMILES string of the molecule is CC1(C)c2ccccc2-c2ccc([Si](C)(c3ccc4c(c3)C(C)(C)c3ccccc3-4)c3ccc4c(c3)C(C)(C)c3ccccc3-4)cc21. The van der Waals surface area contributed by atoms with Gasteiger partial charge in [-0.15, -0.1) is 0 Å². The summed E-state index contributed by atoms with van der Waals surface area (Å²) in [5.74, 6) is 0. The van der Waals surface area contributed by atoms with Crippen molar-refractivity contribution in [2.24, 2.45) is 0 Å². The van der Waals surface area contributed by atoms with E-state index in [-0.39, 0.29) is 16.2 Å². The van der Waals surface area contributed by atoms with Gasteiger partial charge in [0.25, 0.3) is 0 Å². The number of fused-ring (bicyclic) bond motifs is 9. The molecule has 0 amide bonds. The van der Waals surface area contributed by atoms with Gasteiger partial charge in [0.05, 0.1) is 0 Å². The molecule has 0 fully saturated rings. The van der Waals surface area contributed by atoms with Crippen LogP contribution in [0.2, 0.25) is 6.55 Å². The lowest BCUT2D eigenvalue weighted by atomic mass is 9.82. The highest BCUT2D eigenvalue weighted by Crippen LogP contribution is 2.51. The molecule has 47 heavy (non-hydrogen) atoms. The van der Waals surface area contributed by atoms with Crippen molar-refractivity contribution in [1.82, 2.24) is 0 Å². The van der Waals surface area contributed by atoms with Crippen molar-refractivity contribution in [3.05, 3.63) is 161 Å². The molecule has 9 rings (SSSR count). The van der Waals surface area contributed by atoms with Crippen LogP contribution >= 0.6 is 0 Å². The Morgan fingerprint density at radius 1 is 0.319 bits per heavy atom. The Kier molecular flexibility index (Phi) is 5.70. The summed E-state index contributed by atoms with van der Waals surface area (Å²) >= 11 is 0. The van der Waals surface area contributed by atoms with Gasteiger partial charge in [-0.25, -0.2) is 0 Å². The van der Waals surface area contributed by atoms with Gasteiger partial charge >= 0.3 is 0 Å². The molecule has 230 valence electrons. The smallest absolute Gasteiger partial charge is 0.0619 e. The Morgan fingerprint density at radius 3 is 0.872 bits per heavy atom. The zero-order valence-corrected chi connectivity index (χ0v) is 29.6. The third-order valence-electron chi connectivity index (χ3n) is 12.5. The van der Waals surface area contributed by atoms with E-state index in [0.717, 1.165) is 0 Å². The second-order valence-corrected chi connectivity index (χ2v) is 19.9. The molecule has 0 radical (unpaired) electrons. The van der Waals surface area contributed by atoms with Gasteiger partial charge in [0.1, 0.15) is 8.07 Å². The Labute approximate surface area is 281 Å². The normalized spacial score (nSPS) is 16.9. The second kappa shape index (κ2) is 9.33. The first-order valence-corrected chi connectivity index (χ1v) is 19.7. The third-order valence-corrected chi connectivity index (χ3v) is 16.9. The highest BCUT2D eigenvalue weighted by Gasteiger charge is 2.43. The lowest BCUT2D eigenvalue weighted by Gasteiger charge is -2.34. The summed E-state index contributed by atoms with van der Waals surface area (Å²) in [4.78, 5) is 0. The van der Waals surface area contributed by atoms with Gasteiger partial charge in [-0.2, -0.15) is 0 Å². The van der Waals surface area contributed by atoms with Gasteiger partial charge < -0.3 is 0 Å². The van der Waals surface area contributed by atoms with Gasteiger partial charge in [-0.1, -0.05) is 175 Å². The van der Waals surface area contributed by atoms with Gasteiger partial charge in [-0.3, -0.25) is 0 Å². The standard InChI is InChI=1S/C46H42Si/c1-44(2)38-17-11-8-14-32(38)35-23-20-29(26-41(35)44)47(7,30-21-24-36-33-15-9-12-18-39(33)45(3,4)42(36)27-30)31-22-25-37-34-16-10-13-19-40(34)46(5,6)43(37)28-31/h8-28H,1-7H3. The first kappa shape index (κ1) is 28.7. The average molecular weight is 623 g/mol. The van der Waals surface area contributed by atoms with E-state index < -0.39 is 8.07 Å². The van der Waals surface area contributed by atoms with Crippen LogP contribution in [-0.2, 0) is 16.2 Å². The predicted octanol–water partition coefficient (Wildman–Crippen LogP) is 9.71. The number of hydrogen-bond donors (Lipinski definition) is 0. The molecule has 6 aromatic rings. The molecule has 1 heteroatoms. The minimum absolute atomic E-state index is 0.0413. The van der Waals surface area contributed by atoms with Crippen LogP contribution in [0.15, 0.2) is 127 Å². The summed E-state index contributed by atoms with van der Waals surface area (Å²) in [6.45, 7) is 17.1. The highest BCUT2D eigenvalue weighted by molar-refractivity contribution is 7.10. The fraction of sp³-hybridized carbons (Fsp3) is 0.217. The fourth-order valence-electron chi connectivity index (χ4n) is 9.55. The summed E-state index contributed by atoms with van der Waals surface area (Å²) in [7, 11) is -2.50. The summed E-state index contributed by atoms with van der Waals surface area (Å²) in [6, 6.07) is 49.6. The van der Waals surface area contributed by atoms with E-state index in [4.69, 9.17) is 0 Å². The molecule has 0 nitrogen and oxygen atoms in total. The first-order valence-electron chi connectivity index (χ1n) is 17.2. The number of rotatable bonds is 3. The van der Waals surface area contributed by atoms with Crippen molar-refractivity contribution in [3.8, 4) is 33.4 Å². The van der Waals surface area contributed by atoms with Crippen molar-refractivity contribution in [2.45, 2.75) is 64.3 Å². The summed E-state index contributed by atoms with van der Waals surface area (Å²) < 4.78 is 0. The quantitative estimate of drug-likeness (QED) is 0.136. The molecule has 3 aliphatic carbocycles. The Morgan fingerprint density at radius 2 is 0.574 bits per heavy atom. The minimum atomic E-state index is -2.50. The molecule has 0 saturated heterocycles. The molecule has 0 spiro atoms. The van der Waals surface area contributed by atoms with Crippen molar-refractivity contribution in [1.29, 1.82) is 0 Å². The van der Waals surface area contributed by atoms with Crippen molar-refractivity contribution >= 4 is 23.6 Å². The summed E-state index contributed by atoms with van der Waals surface area (Å²) in [5.41, 5.74) is 16.9. The van der Waals surface area contributed by atoms with Crippen molar-refractivity contribution < 1.29 is 0 Å². The van der Waals surface area contributed by atoms with E-state index in [9.17, 15) is 0 Å². The van der Waals surface area contributed by atoms with E-state index in [1.165, 1.54) is 82.3 Å². The van der Waals surface area contributed by atoms with Crippen molar-refractivity contribution in [3.63, 3.8) is 0 Å². The van der Waals surface area contributed by atoms with Crippen LogP contribution in [-0.4, -0.2) is 8.07 Å². The molecule has 0 unspecified atom stereocenters. The topological polar surface area (TPSA) is 0 Å². The molecule has 0 bridgehead atoms. The summed E-state index contributed by atoms with van der Waals surface area (Å²) in [6.07, 6.45) is 0. The molecule has 0 N–H and O–H groups in total. The molecule has 3 aliphatic rings. The first-order chi connectivity index (χ1) is 22.4. The van der Waals surface area contributed by atoms with Crippen LogP contribution in [0.25, 0.3) is 33.4 Å². The van der Waals surface area contributed by atoms with Crippen LogP contribution in [0, 0.1) is 0 Å². The largest absolute Gasteiger partial charge is 0.145 e. The zero-order chi connectivity index (χ0) is 32.5. The zero-order valence-electron chi connectivity index (χ0n) is 28.6. The lowest BCUT2D eigenvalue weighted by molar-refractivity contribution is 0.661. The fourth-order valence-corrected chi connectivity index (χ4v) is 13.1. The van der Waals surface area contributed by atoms with Crippen molar-refractivity contribution in [2.75, 3.05) is 0 Å². The molecular weight excluding hydrogens is 581 g/mol. The molecular formula is C46H42Si. The van der Waals surface area contributed by atoms with E-state index in [1.54, 1.807) is 0 Å². The molecule has 0 heterocycles. The molecule has 0 saturated carbocycles. The van der Waals surface area contributed by atoms with Gasteiger partial charge in [0, 0.05) is 16.2 Å². The van der Waals surface area contributed by atoms with Gasteiger partial charge in [-0.05, 0) is 82.3 Å². The number of benzene rings is 6. The Bertz CT molecular complexity index is 2040. The predicted molar refractivity (Wildman–Crippen MR) is 203 cm³/mol. The van der Waals surface area contributed by atoms with Crippen LogP contribution in [0.1, 0.15) is 74.9 Å². The van der Waals surface area contributed by atoms with Gasteiger partial charge in [0.15, 0.2) is 0 Å². The molecule has 0 aliphatic heterocycles. The monoisotopic (exact) mass is 622 g/mol. The maximum atomic E-state index is 2.61. The Balaban J connectivity index is 1.29. The molecule has 0 aromatic heterocycles. The Hall–Kier alpha value is -4.46. The van der Waals surface area contributed by atoms with E-state index in [0.29, 0.717) is 0 Å². The van der Waals surface area contributed by atoms with Crippen LogP contribution in [0.5, 0.6) is 0 Å². The maximum absolute atomic E-state index is 2.61. The van der Waals surface area contributed by atoms with E-state index in [1.807, 2.05) is 0 Å². The van der Waals surface area contributed by atoms with Crippen LogP contribution < -0.4 is 15.6 Å².